The van der Waals surface area contributed by atoms with Gasteiger partial charge in [-0.05, 0) is 83.6 Å². The van der Waals surface area contributed by atoms with E-state index in [9.17, 15) is 39.6 Å². The number of rotatable bonds is 14. The Morgan fingerprint density at radius 1 is 0.567 bits per heavy atom. The second-order valence-corrected chi connectivity index (χ2v) is 16.1. The summed E-state index contributed by atoms with van der Waals surface area (Å²) < 4.78 is 12.1. The molecule has 16 heteroatoms. The predicted octanol–water partition coefficient (Wildman–Crippen LogP) is 8.50. The van der Waals surface area contributed by atoms with Crippen LogP contribution in [0.3, 0.4) is 0 Å². The van der Waals surface area contributed by atoms with Crippen LogP contribution in [0.1, 0.15) is 86.1 Å². The van der Waals surface area contributed by atoms with Crippen molar-refractivity contribution in [3.05, 3.63) is 139 Å². The summed E-state index contributed by atoms with van der Waals surface area (Å²) >= 11 is 24.5. The number of benzene rings is 4. The average Bonchev–Trinajstić information content (AvgIpc) is 3.22. The van der Waals surface area contributed by atoms with Gasteiger partial charge in [0.15, 0.2) is 0 Å². The Kier molecular flexibility index (Phi) is 16.8. The molecule has 0 spiro atoms. The molecule has 2 heterocycles. The van der Waals surface area contributed by atoms with E-state index in [4.69, 9.17) is 55.9 Å². The molecule has 4 N–H and O–H groups in total. The van der Waals surface area contributed by atoms with E-state index in [1.54, 1.807) is 94.7 Å². The van der Waals surface area contributed by atoms with Gasteiger partial charge in [-0.15, -0.1) is 0 Å². The van der Waals surface area contributed by atoms with Crippen molar-refractivity contribution in [1.29, 1.82) is 0 Å². The van der Waals surface area contributed by atoms with Crippen LogP contribution >= 0.6 is 46.4 Å². The number of carboxylic acid groups (broad SMARTS) is 2. The molecule has 6 rings (SSSR count). The number of aliphatic hydroxyl groups is 2. The molecule has 4 aromatic rings. The number of ether oxygens (including phenoxy) is 2. The maximum atomic E-state index is 13.3. The summed E-state index contributed by atoms with van der Waals surface area (Å²) in [5.41, 5.74) is 2.95. The van der Waals surface area contributed by atoms with Crippen LogP contribution in [0, 0.1) is 0 Å². The van der Waals surface area contributed by atoms with Crippen molar-refractivity contribution in [2.24, 2.45) is 0 Å². The Hall–Kier alpha value is -4.24. The molecule has 2 fully saturated rings. The van der Waals surface area contributed by atoms with Gasteiger partial charge in [0.2, 0.25) is 0 Å². The fourth-order valence-corrected chi connectivity index (χ4v) is 8.28. The minimum Gasteiger partial charge on any atom is -0.481 e. The normalized spacial score (nSPS) is 22.7. The summed E-state index contributed by atoms with van der Waals surface area (Å²) in [5, 5.41) is 40.7. The second kappa shape index (κ2) is 21.5. The molecule has 2 saturated heterocycles. The van der Waals surface area contributed by atoms with Gasteiger partial charge < -0.3 is 39.7 Å². The third-order valence-corrected chi connectivity index (χ3v) is 11.5. The van der Waals surface area contributed by atoms with Crippen LogP contribution < -0.4 is 0 Å². The number of amides is 2. The summed E-state index contributed by atoms with van der Waals surface area (Å²) in [6, 6.07) is 26.0. The van der Waals surface area contributed by atoms with Crippen LogP contribution in [0.4, 0.5) is 0 Å². The van der Waals surface area contributed by atoms with E-state index in [1.165, 1.54) is 0 Å². The lowest BCUT2D eigenvalue weighted by Gasteiger charge is -2.47. The van der Waals surface area contributed by atoms with Gasteiger partial charge in [0, 0.05) is 20.1 Å². The molecule has 2 amide bonds. The van der Waals surface area contributed by atoms with Crippen LogP contribution in [-0.4, -0.2) is 91.5 Å². The fraction of sp³-hybridized carbons (Fsp3) is 0.364. The van der Waals surface area contributed by atoms with E-state index in [1.807, 2.05) is 26.0 Å². The topological polar surface area (TPSA) is 174 Å². The van der Waals surface area contributed by atoms with Gasteiger partial charge in [0.1, 0.15) is 24.4 Å². The number of nitrogens with zero attached hydrogens (tertiary/aromatic N) is 2. The quantitative estimate of drug-likeness (QED) is 0.0961. The molecule has 0 aromatic heterocycles. The zero-order valence-corrected chi connectivity index (χ0v) is 35.8. The molecule has 0 radical (unpaired) electrons. The Morgan fingerprint density at radius 3 is 1.20 bits per heavy atom. The second-order valence-electron chi connectivity index (χ2n) is 14.4. The standard InChI is InChI=1S/2C22H23Cl2NO5/c2*1-2-17(12-26)25-20(13-6-8-15(23)9-7-13)21(14-4-3-5-16(24)10-14)30-18(22(25)29)11-19(27)28/h2*3-10,17-18,20-21,26H,2,11-12H2,1H3,(H,27,28)/t17-,18+,20?,21-;17-,18-,20?,21-/m00/s1. The number of carbonyl (C=O) groups is 4. The van der Waals surface area contributed by atoms with Gasteiger partial charge in [0.25, 0.3) is 11.8 Å². The first-order valence-corrected chi connectivity index (χ1v) is 20.8. The highest BCUT2D eigenvalue weighted by Crippen LogP contribution is 2.46. The maximum absolute atomic E-state index is 13.3. The van der Waals surface area contributed by atoms with E-state index in [0.29, 0.717) is 44.1 Å². The predicted molar refractivity (Wildman–Crippen MR) is 227 cm³/mol. The van der Waals surface area contributed by atoms with E-state index in [-0.39, 0.29) is 13.2 Å². The van der Waals surface area contributed by atoms with Crippen molar-refractivity contribution >= 4 is 70.2 Å². The first-order chi connectivity index (χ1) is 28.7. The third kappa shape index (κ3) is 11.2. The molecule has 320 valence electrons. The molecule has 60 heavy (non-hydrogen) atoms. The first-order valence-electron chi connectivity index (χ1n) is 19.3. The smallest absolute Gasteiger partial charge is 0.306 e. The van der Waals surface area contributed by atoms with E-state index in [0.717, 1.165) is 11.1 Å². The molecular weight excluding hydrogens is 858 g/mol. The highest BCUT2D eigenvalue weighted by atomic mass is 35.5. The van der Waals surface area contributed by atoms with Gasteiger partial charge >= 0.3 is 11.9 Å². The lowest BCUT2D eigenvalue weighted by Crippen LogP contribution is -2.56. The first kappa shape index (κ1) is 46.8. The number of carboxylic acids is 2. The number of hydrogen-bond donors (Lipinski definition) is 4. The Morgan fingerprint density at radius 2 is 0.917 bits per heavy atom. The minimum atomic E-state index is -1.17. The molecule has 0 saturated carbocycles. The number of aliphatic carboxylic acids is 2. The maximum Gasteiger partial charge on any atom is 0.306 e. The number of hydrogen-bond acceptors (Lipinski definition) is 8. The Balaban J connectivity index is 0.000000228. The van der Waals surface area contributed by atoms with Crippen molar-refractivity contribution < 1.29 is 49.1 Å². The zero-order valence-electron chi connectivity index (χ0n) is 32.7. The summed E-state index contributed by atoms with van der Waals surface area (Å²) in [5.74, 6) is -3.20. The molecule has 0 bridgehead atoms. The molecular formula is C44H46Cl4N2O10. The third-order valence-electron chi connectivity index (χ3n) is 10.5. The Labute approximate surface area is 368 Å². The molecule has 2 aliphatic heterocycles. The van der Waals surface area contributed by atoms with E-state index in [2.05, 4.69) is 0 Å². The van der Waals surface area contributed by atoms with Crippen LogP contribution in [0.2, 0.25) is 20.1 Å². The number of aliphatic hydroxyl groups excluding tert-OH is 2. The molecule has 12 nitrogen and oxygen atoms in total. The largest absolute Gasteiger partial charge is 0.481 e. The van der Waals surface area contributed by atoms with Crippen molar-refractivity contribution in [2.75, 3.05) is 13.2 Å². The summed E-state index contributed by atoms with van der Waals surface area (Å²) in [4.78, 5) is 52.5. The average molecular weight is 905 g/mol. The van der Waals surface area contributed by atoms with Crippen molar-refractivity contribution in [3.8, 4) is 0 Å². The van der Waals surface area contributed by atoms with Gasteiger partial charge in [-0.2, -0.15) is 0 Å². The molecule has 8 atom stereocenters. The monoisotopic (exact) mass is 902 g/mol. The lowest BCUT2D eigenvalue weighted by molar-refractivity contribution is -0.184. The van der Waals surface area contributed by atoms with Crippen molar-refractivity contribution in [3.63, 3.8) is 0 Å². The highest BCUT2D eigenvalue weighted by molar-refractivity contribution is 6.31. The van der Waals surface area contributed by atoms with Gasteiger partial charge in [-0.1, -0.05) is 109 Å². The van der Waals surface area contributed by atoms with Crippen molar-refractivity contribution in [1.82, 2.24) is 9.80 Å². The van der Waals surface area contributed by atoms with Crippen molar-refractivity contribution in [2.45, 2.75) is 88.1 Å². The summed E-state index contributed by atoms with van der Waals surface area (Å²) in [7, 11) is 0. The van der Waals surface area contributed by atoms with E-state index >= 15 is 0 Å². The summed E-state index contributed by atoms with van der Waals surface area (Å²) in [6.45, 7) is 3.22. The minimum absolute atomic E-state index is 0.256. The van der Waals surface area contributed by atoms with Crippen LogP contribution in [-0.2, 0) is 28.7 Å². The molecule has 4 aromatic carbocycles. The van der Waals surface area contributed by atoms with Crippen LogP contribution in [0.25, 0.3) is 0 Å². The number of morpholine rings is 2. The van der Waals surface area contributed by atoms with Crippen LogP contribution in [0.15, 0.2) is 97.1 Å². The fourth-order valence-electron chi connectivity index (χ4n) is 7.63. The Bertz CT molecular complexity index is 1950. The van der Waals surface area contributed by atoms with E-state index < -0.39 is 85.2 Å². The van der Waals surface area contributed by atoms with Gasteiger partial charge in [0.05, 0.1) is 50.2 Å². The molecule has 2 unspecified atom stereocenters. The van der Waals surface area contributed by atoms with Crippen LogP contribution in [0.5, 0.6) is 0 Å². The van der Waals surface area contributed by atoms with Gasteiger partial charge in [-0.3, -0.25) is 19.2 Å². The van der Waals surface area contributed by atoms with Gasteiger partial charge in [-0.25, -0.2) is 0 Å². The number of carbonyl (C=O) groups excluding carboxylic acids is 2. The zero-order chi connectivity index (χ0) is 43.7. The molecule has 2 aliphatic rings. The SMILES string of the molecule is CC[C@@H](CO)N1C(=O)[C@@H](CC(=O)O)O[C@@H](c2cccc(Cl)c2)C1c1ccc(Cl)cc1.CC[C@@H](CO)N1C(=O)[C@H](CC(=O)O)O[C@@H](c2cccc(Cl)c2)C1c1ccc(Cl)cc1. The highest BCUT2D eigenvalue weighted by Gasteiger charge is 2.48. The lowest BCUT2D eigenvalue weighted by atomic mass is 9.89. The number of halogens is 4. The molecule has 0 aliphatic carbocycles. The summed E-state index contributed by atoms with van der Waals surface area (Å²) in [6.07, 6.45) is -3.64.